The normalized spacial score (nSPS) is 15.2. The molecule has 2 aliphatic rings. The first-order valence-electron chi connectivity index (χ1n) is 10.4. The molecule has 0 saturated carbocycles. The molecule has 0 saturated heterocycles. The average Bonchev–Trinajstić information content (AvgIpc) is 3.17. The fourth-order valence-corrected chi connectivity index (χ4v) is 5.31. The van der Waals surface area contributed by atoms with Crippen LogP contribution in [-0.2, 0) is 23.3 Å². The number of hydrogen-bond acceptors (Lipinski definition) is 0. The molecule has 190 valence electrons. The van der Waals surface area contributed by atoms with E-state index in [0.717, 1.165) is 12.8 Å². The van der Waals surface area contributed by atoms with Crippen molar-refractivity contribution in [1.82, 2.24) is 0 Å². The van der Waals surface area contributed by atoms with Gasteiger partial charge in [0, 0.05) is 16.1 Å². The van der Waals surface area contributed by atoms with Crippen molar-refractivity contribution in [3.05, 3.63) is 60.7 Å². The van der Waals surface area contributed by atoms with Crippen molar-refractivity contribution in [2.45, 2.75) is 93.7 Å². The van der Waals surface area contributed by atoms with Gasteiger partial charge in [0.15, 0.2) is 0 Å². The number of allylic oxidation sites excluding steroid dienone is 8. The third-order valence-corrected chi connectivity index (χ3v) is 8.99. The maximum atomic E-state index is 3.54. The topological polar surface area (TPSA) is 0 Å². The van der Waals surface area contributed by atoms with Crippen molar-refractivity contribution < 1.29 is 23.3 Å². The molecule has 0 bridgehead atoms. The van der Waals surface area contributed by atoms with Crippen LogP contribution in [0.4, 0.5) is 0 Å². The van der Waals surface area contributed by atoms with E-state index in [1.54, 1.807) is 34.5 Å². The Bertz CT molecular complexity index is 605. The Labute approximate surface area is 234 Å². The van der Waals surface area contributed by atoms with Crippen molar-refractivity contribution in [2.24, 2.45) is 10.8 Å². The van der Waals surface area contributed by atoms with E-state index in [0.29, 0.717) is 10.8 Å². The fourth-order valence-electron chi connectivity index (χ4n) is 2.86. The zero-order valence-electron chi connectivity index (χ0n) is 23.6. The molecule has 2 aliphatic carbocycles. The summed E-state index contributed by atoms with van der Waals surface area (Å²) in [6.07, 6.45) is 14.0. The number of halogens is 2. The van der Waals surface area contributed by atoms with Crippen molar-refractivity contribution >= 4 is 47.8 Å². The van der Waals surface area contributed by atoms with Gasteiger partial charge in [-0.15, -0.1) is 37.7 Å². The molecule has 0 unspecified atom stereocenters. The van der Waals surface area contributed by atoms with Crippen molar-refractivity contribution in [3.8, 4) is 0 Å². The minimum absolute atomic E-state index is 0. The first-order chi connectivity index (χ1) is 12.4. The van der Waals surface area contributed by atoms with Crippen LogP contribution >= 0.6 is 24.8 Å². The van der Waals surface area contributed by atoms with Crippen LogP contribution < -0.4 is 0 Å². The van der Waals surface area contributed by atoms with E-state index in [9.17, 15) is 0 Å². The first-order valence-corrected chi connectivity index (χ1v) is 23.3. The van der Waals surface area contributed by atoms with Crippen LogP contribution in [0.5, 0.6) is 0 Å². The number of rotatable bonds is 2. The molecule has 0 aromatic rings. The van der Waals surface area contributed by atoms with Gasteiger partial charge in [0.2, 0.25) is 0 Å². The van der Waals surface area contributed by atoms with Gasteiger partial charge in [-0.3, -0.25) is 12.2 Å². The second-order valence-corrected chi connectivity index (χ2v) is 22.0. The van der Waals surface area contributed by atoms with Crippen LogP contribution in [0.3, 0.4) is 0 Å². The molecule has 0 atom stereocenters. The van der Waals surface area contributed by atoms with Gasteiger partial charge in [0.05, 0.1) is 0 Å². The summed E-state index contributed by atoms with van der Waals surface area (Å²) in [5.74, 6) is 0. The van der Waals surface area contributed by atoms with Crippen LogP contribution in [0.1, 0.15) is 54.4 Å². The summed E-state index contributed by atoms with van der Waals surface area (Å²) in [6, 6.07) is 0. The third-order valence-electron chi connectivity index (χ3n) is 5.12. The molecule has 0 radical (unpaired) electrons. The van der Waals surface area contributed by atoms with E-state index >= 15 is 0 Å². The van der Waals surface area contributed by atoms with Crippen LogP contribution in [0, 0.1) is 37.8 Å². The predicted molar refractivity (Wildman–Crippen MR) is 160 cm³/mol. The molecular formula is C26H52Cl2Si3Zr-4. The molecule has 2 rings (SSSR count). The van der Waals surface area contributed by atoms with Crippen LogP contribution in [0.15, 0.2) is 33.7 Å². The Morgan fingerprint density at radius 3 is 0.969 bits per heavy atom. The zero-order valence-corrected chi connectivity index (χ0v) is 31.1. The molecule has 0 N–H and O–H groups in total. The van der Waals surface area contributed by atoms with Gasteiger partial charge in [0.25, 0.3) is 0 Å². The van der Waals surface area contributed by atoms with Crippen molar-refractivity contribution in [2.75, 3.05) is 0 Å². The Balaban J connectivity index is -0.000000126. The summed E-state index contributed by atoms with van der Waals surface area (Å²) in [4.78, 5) is 0. The van der Waals surface area contributed by atoms with Gasteiger partial charge >= 0.3 is 30.2 Å². The van der Waals surface area contributed by atoms with Gasteiger partial charge in [-0.25, -0.2) is 22.5 Å². The quantitative estimate of drug-likeness (QED) is 0.217. The first kappa shape index (κ1) is 43.2. The molecule has 0 heterocycles. The molecule has 0 nitrogen and oxygen atoms in total. The van der Waals surface area contributed by atoms with Crippen molar-refractivity contribution in [1.29, 1.82) is 0 Å². The standard InChI is InChI=1S/2C12H21Si.2CH3.2ClH.H2Si.Zr/c2*1-12(2,3)10-7-8-11(9-10)13(4,5)6;;;;;;/h2*9H,7H2,1-6H3;2*1H3;2*1H;1H2;/q4*-1;;;;. The summed E-state index contributed by atoms with van der Waals surface area (Å²) in [7, 11) is -2.23. The van der Waals surface area contributed by atoms with Crippen LogP contribution in [0.25, 0.3) is 0 Å². The Kier molecular flexibility index (Phi) is 22.5. The zero-order chi connectivity index (χ0) is 22.6. The Morgan fingerprint density at radius 1 is 0.656 bits per heavy atom. The molecular weight excluding hydrogens is 559 g/mol. The maximum absolute atomic E-state index is 3.54. The second-order valence-electron chi connectivity index (χ2n) is 11.9. The third kappa shape index (κ3) is 15.1. The molecule has 0 spiro atoms. The molecule has 0 aliphatic heterocycles. The van der Waals surface area contributed by atoms with Crippen LogP contribution in [-0.4, -0.2) is 23.0 Å². The molecule has 0 amide bonds. The van der Waals surface area contributed by atoms with Gasteiger partial charge in [0.1, 0.15) is 0 Å². The van der Waals surface area contributed by atoms with E-state index in [-0.39, 0.29) is 39.7 Å². The van der Waals surface area contributed by atoms with E-state index in [1.165, 1.54) is 10.4 Å². The van der Waals surface area contributed by atoms with E-state index < -0.39 is 16.1 Å². The van der Waals surface area contributed by atoms with E-state index in [2.05, 4.69) is 105 Å². The molecule has 0 fully saturated rings. The van der Waals surface area contributed by atoms with Crippen LogP contribution in [0.2, 0.25) is 39.3 Å². The fraction of sp³-hybridized carbons (Fsp3) is 0.615. The van der Waals surface area contributed by atoms with Gasteiger partial charge in [-0.1, -0.05) is 80.8 Å². The predicted octanol–water partition coefficient (Wildman–Crippen LogP) is 8.76. The monoisotopic (exact) mass is 608 g/mol. The van der Waals surface area contributed by atoms with Crippen molar-refractivity contribution in [3.63, 3.8) is 0 Å². The second kappa shape index (κ2) is 16.7. The summed E-state index contributed by atoms with van der Waals surface area (Å²) in [5, 5.41) is 3.02. The summed E-state index contributed by atoms with van der Waals surface area (Å²) >= 11 is 1.58. The molecule has 0 aromatic heterocycles. The van der Waals surface area contributed by atoms with E-state index in [4.69, 9.17) is 0 Å². The van der Waals surface area contributed by atoms with Gasteiger partial charge in [-0.05, 0) is 10.8 Å². The van der Waals surface area contributed by atoms with Gasteiger partial charge < -0.3 is 14.9 Å². The molecule has 32 heavy (non-hydrogen) atoms. The summed E-state index contributed by atoms with van der Waals surface area (Å²) in [6.45, 7) is 30.0. The molecule has 6 heteroatoms. The Morgan fingerprint density at radius 2 is 0.875 bits per heavy atom. The average molecular weight is 611 g/mol. The molecule has 0 aromatic carbocycles. The number of hydrogen-bond donors (Lipinski definition) is 0. The SMILES string of the molecule is CC(C)(C)C1=CC([Si](C)(C)C)=[C-]C1.CC(C)(C)C1=CC([Si](C)(C)C)=[C-]C1.Cl.Cl.[CH3-].[CH3-].[SiH2]=[Zr]. The van der Waals surface area contributed by atoms with Gasteiger partial charge in [-0.2, -0.15) is 11.1 Å². The van der Waals surface area contributed by atoms with E-state index in [1.807, 2.05) is 6.88 Å². The Hall–Kier alpha value is 1.07. The minimum atomic E-state index is -1.12. The summed E-state index contributed by atoms with van der Waals surface area (Å²) < 4.78 is 0. The summed E-state index contributed by atoms with van der Waals surface area (Å²) in [5.41, 5.74) is 3.75.